The SMILES string of the molecule is CCC(Br)C1CCC(C)(C)CC1. The molecule has 0 N–H and O–H groups in total. The van der Waals surface area contributed by atoms with Crippen molar-refractivity contribution in [2.24, 2.45) is 11.3 Å². The van der Waals surface area contributed by atoms with Crippen LogP contribution in [0, 0.1) is 11.3 Å². The van der Waals surface area contributed by atoms with Crippen molar-refractivity contribution >= 4 is 15.9 Å². The maximum Gasteiger partial charge on any atom is 0.0171 e. The smallest absolute Gasteiger partial charge is 0.0171 e. The molecule has 0 heterocycles. The molecule has 1 fully saturated rings. The molecule has 0 spiro atoms. The van der Waals surface area contributed by atoms with Crippen LogP contribution in [0.3, 0.4) is 0 Å². The molecule has 0 saturated heterocycles. The summed E-state index contributed by atoms with van der Waals surface area (Å²) in [7, 11) is 0. The van der Waals surface area contributed by atoms with Crippen LogP contribution in [0.5, 0.6) is 0 Å². The first-order valence-electron chi connectivity index (χ1n) is 5.19. The van der Waals surface area contributed by atoms with Gasteiger partial charge in [-0.2, -0.15) is 0 Å². The molecule has 1 aliphatic carbocycles. The summed E-state index contributed by atoms with van der Waals surface area (Å²) in [6.07, 6.45) is 6.97. The average molecular weight is 233 g/mol. The van der Waals surface area contributed by atoms with E-state index < -0.39 is 0 Å². The summed E-state index contributed by atoms with van der Waals surface area (Å²) in [5.74, 6) is 0.947. The Morgan fingerprint density at radius 2 is 1.83 bits per heavy atom. The normalized spacial score (nSPS) is 27.0. The Labute approximate surface area is 85.3 Å². The lowest BCUT2D eigenvalue weighted by Crippen LogP contribution is -2.25. The lowest BCUT2D eigenvalue weighted by molar-refractivity contribution is 0.189. The van der Waals surface area contributed by atoms with Gasteiger partial charge < -0.3 is 0 Å². The van der Waals surface area contributed by atoms with E-state index in [0.29, 0.717) is 5.41 Å². The van der Waals surface area contributed by atoms with Gasteiger partial charge >= 0.3 is 0 Å². The van der Waals surface area contributed by atoms with Crippen LogP contribution < -0.4 is 0 Å². The van der Waals surface area contributed by atoms with Crippen LogP contribution in [0.15, 0.2) is 0 Å². The first-order valence-corrected chi connectivity index (χ1v) is 6.11. The second-order valence-electron chi connectivity index (χ2n) is 4.93. The molecule has 12 heavy (non-hydrogen) atoms. The van der Waals surface area contributed by atoms with Gasteiger partial charge in [0.05, 0.1) is 0 Å². The zero-order chi connectivity index (χ0) is 9.19. The fourth-order valence-corrected chi connectivity index (χ4v) is 2.65. The first-order chi connectivity index (χ1) is 5.55. The van der Waals surface area contributed by atoms with Crippen LogP contribution in [0.4, 0.5) is 0 Å². The van der Waals surface area contributed by atoms with Crippen LogP contribution >= 0.6 is 15.9 Å². The number of rotatable bonds is 2. The summed E-state index contributed by atoms with van der Waals surface area (Å²) in [6, 6.07) is 0. The van der Waals surface area contributed by atoms with Gasteiger partial charge in [0.25, 0.3) is 0 Å². The maximum atomic E-state index is 3.78. The Hall–Kier alpha value is 0.480. The minimum atomic E-state index is 0.622. The van der Waals surface area contributed by atoms with E-state index in [0.717, 1.165) is 10.7 Å². The highest BCUT2D eigenvalue weighted by Gasteiger charge is 2.29. The molecule has 0 amide bonds. The monoisotopic (exact) mass is 232 g/mol. The van der Waals surface area contributed by atoms with Crippen molar-refractivity contribution in [3.05, 3.63) is 0 Å². The van der Waals surface area contributed by atoms with Crippen molar-refractivity contribution in [1.82, 2.24) is 0 Å². The molecule has 0 bridgehead atoms. The molecule has 0 aliphatic heterocycles. The maximum absolute atomic E-state index is 3.78. The molecule has 0 nitrogen and oxygen atoms in total. The second-order valence-corrected chi connectivity index (χ2v) is 6.10. The van der Waals surface area contributed by atoms with Crippen molar-refractivity contribution in [1.29, 1.82) is 0 Å². The van der Waals surface area contributed by atoms with E-state index in [9.17, 15) is 0 Å². The van der Waals surface area contributed by atoms with Gasteiger partial charge in [0.2, 0.25) is 0 Å². The molecule has 0 aromatic carbocycles. The number of hydrogen-bond donors (Lipinski definition) is 0. The zero-order valence-corrected chi connectivity index (χ0v) is 10.2. The molecule has 1 rings (SSSR count). The summed E-state index contributed by atoms with van der Waals surface area (Å²) in [5, 5.41) is 0. The Kier molecular flexibility index (Phi) is 3.63. The van der Waals surface area contributed by atoms with E-state index in [-0.39, 0.29) is 0 Å². The Balaban J connectivity index is 2.36. The summed E-state index contributed by atoms with van der Waals surface area (Å²) < 4.78 is 0. The molecule has 0 aromatic rings. The predicted molar refractivity (Wildman–Crippen MR) is 58.7 cm³/mol. The zero-order valence-electron chi connectivity index (χ0n) is 8.57. The summed E-state index contributed by atoms with van der Waals surface area (Å²) in [6.45, 7) is 7.08. The van der Waals surface area contributed by atoms with E-state index in [1.807, 2.05) is 0 Å². The topological polar surface area (TPSA) is 0 Å². The van der Waals surface area contributed by atoms with Crippen molar-refractivity contribution in [3.63, 3.8) is 0 Å². The van der Waals surface area contributed by atoms with Crippen molar-refractivity contribution in [2.75, 3.05) is 0 Å². The lowest BCUT2D eigenvalue weighted by Gasteiger charge is -2.36. The molecule has 0 aromatic heterocycles. The second kappa shape index (κ2) is 4.13. The molecular formula is C11H21Br. The standard InChI is InChI=1S/C11H21Br/c1-4-10(12)9-5-7-11(2,3)8-6-9/h9-10H,4-8H2,1-3H3. The third-order valence-electron chi connectivity index (χ3n) is 3.29. The van der Waals surface area contributed by atoms with Gasteiger partial charge in [-0.15, -0.1) is 0 Å². The predicted octanol–water partition coefficient (Wildman–Crippen LogP) is 4.38. The lowest BCUT2D eigenvalue weighted by atomic mass is 9.72. The molecule has 1 heteroatoms. The fourth-order valence-electron chi connectivity index (χ4n) is 2.12. The van der Waals surface area contributed by atoms with Crippen LogP contribution in [-0.2, 0) is 0 Å². The van der Waals surface area contributed by atoms with Gasteiger partial charge in [-0.1, -0.05) is 36.7 Å². The minimum absolute atomic E-state index is 0.622. The van der Waals surface area contributed by atoms with E-state index in [1.54, 1.807) is 0 Å². The molecule has 0 radical (unpaired) electrons. The molecule has 72 valence electrons. The van der Waals surface area contributed by atoms with Crippen molar-refractivity contribution in [2.45, 2.75) is 57.7 Å². The number of alkyl halides is 1. The minimum Gasteiger partial charge on any atom is -0.0888 e. The van der Waals surface area contributed by atoms with Crippen molar-refractivity contribution in [3.8, 4) is 0 Å². The molecule has 1 aliphatic rings. The Bertz CT molecular complexity index is 130. The van der Waals surface area contributed by atoms with Gasteiger partial charge in [0.15, 0.2) is 0 Å². The molecule has 1 unspecified atom stereocenters. The van der Waals surface area contributed by atoms with Gasteiger partial charge in [0, 0.05) is 4.83 Å². The van der Waals surface area contributed by atoms with Gasteiger partial charge in [0.1, 0.15) is 0 Å². The largest absolute Gasteiger partial charge is 0.0888 e. The van der Waals surface area contributed by atoms with E-state index in [1.165, 1.54) is 32.1 Å². The van der Waals surface area contributed by atoms with Crippen LogP contribution in [0.1, 0.15) is 52.9 Å². The van der Waals surface area contributed by atoms with E-state index in [2.05, 4.69) is 36.7 Å². The molecular weight excluding hydrogens is 212 g/mol. The van der Waals surface area contributed by atoms with Gasteiger partial charge in [-0.05, 0) is 43.4 Å². The fraction of sp³-hybridized carbons (Fsp3) is 1.00. The van der Waals surface area contributed by atoms with E-state index >= 15 is 0 Å². The Morgan fingerprint density at radius 1 is 1.33 bits per heavy atom. The van der Waals surface area contributed by atoms with Crippen molar-refractivity contribution < 1.29 is 0 Å². The van der Waals surface area contributed by atoms with Crippen LogP contribution in [0.2, 0.25) is 0 Å². The van der Waals surface area contributed by atoms with E-state index in [4.69, 9.17) is 0 Å². The highest BCUT2D eigenvalue weighted by Crippen LogP contribution is 2.41. The van der Waals surface area contributed by atoms with Crippen LogP contribution in [-0.4, -0.2) is 4.83 Å². The van der Waals surface area contributed by atoms with Gasteiger partial charge in [-0.25, -0.2) is 0 Å². The van der Waals surface area contributed by atoms with Gasteiger partial charge in [-0.3, -0.25) is 0 Å². The Morgan fingerprint density at radius 3 is 2.25 bits per heavy atom. The first kappa shape index (κ1) is 10.6. The molecule has 1 atom stereocenters. The molecule has 1 saturated carbocycles. The summed E-state index contributed by atoms with van der Waals surface area (Å²) in [5.41, 5.74) is 0.622. The highest BCUT2D eigenvalue weighted by atomic mass is 79.9. The third kappa shape index (κ3) is 2.76. The number of hydrogen-bond acceptors (Lipinski definition) is 0. The van der Waals surface area contributed by atoms with Crippen LogP contribution in [0.25, 0.3) is 0 Å². The highest BCUT2D eigenvalue weighted by molar-refractivity contribution is 9.09. The third-order valence-corrected chi connectivity index (χ3v) is 4.68. The summed E-state index contributed by atoms with van der Waals surface area (Å²) in [4.78, 5) is 0.772. The summed E-state index contributed by atoms with van der Waals surface area (Å²) >= 11 is 3.78. The quantitative estimate of drug-likeness (QED) is 0.621. The average Bonchev–Trinajstić information content (AvgIpc) is 2.03. The number of halogens is 1.